The van der Waals surface area contributed by atoms with Crippen molar-refractivity contribution < 1.29 is 8.78 Å². The maximum Gasteiger partial charge on any atom is 0.189 e. The molecule has 0 bridgehead atoms. The van der Waals surface area contributed by atoms with Crippen LogP contribution < -0.4 is 5.43 Å². The average molecular weight is 221 g/mol. The molecular weight excluding hydrogens is 212 g/mol. The van der Waals surface area contributed by atoms with Crippen molar-refractivity contribution in [2.24, 2.45) is 0 Å². The first-order chi connectivity index (χ1) is 7.66. The van der Waals surface area contributed by atoms with Crippen LogP contribution in [-0.2, 0) is 0 Å². The van der Waals surface area contributed by atoms with E-state index in [1.165, 1.54) is 24.3 Å². The Morgan fingerprint density at radius 2 is 2.06 bits per heavy atom. The van der Waals surface area contributed by atoms with E-state index < -0.39 is 12.0 Å². The average Bonchev–Trinajstić information content (AvgIpc) is 2.97. The summed E-state index contributed by atoms with van der Waals surface area (Å²) >= 11 is 0. The summed E-state index contributed by atoms with van der Waals surface area (Å²) in [6, 6.07) is 5.16. The van der Waals surface area contributed by atoms with Gasteiger partial charge in [0.2, 0.25) is 0 Å². The normalized spacial score (nSPS) is 23.6. The lowest BCUT2D eigenvalue weighted by atomic mass is 10.2. The van der Waals surface area contributed by atoms with Crippen molar-refractivity contribution in [2.45, 2.75) is 18.6 Å². The number of hydrogen-bond acceptors (Lipinski definition) is 1. The van der Waals surface area contributed by atoms with Crippen LogP contribution in [0, 0.1) is 5.82 Å². The third-order valence-corrected chi connectivity index (χ3v) is 2.93. The van der Waals surface area contributed by atoms with E-state index in [4.69, 9.17) is 0 Å². The Morgan fingerprint density at radius 3 is 2.75 bits per heavy atom. The fourth-order valence-electron chi connectivity index (χ4n) is 1.98. The summed E-state index contributed by atoms with van der Waals surface area (Å²) in [5, 5.41) is 0.307. The highest BCUT2D eigenvalue weighted by Gasteiger charge is 2.39. The molecule has 2 nitrogen and oxygen atoms in total. The van der Waals surface area contributed by atoms with Gasteiger partial charge in [-0.1, -0.05) is 0 Å². The highest BCUT2D eigenvalue weighted by Crippen LogP contribution is 2.40. The molecule has 0 amide bonds. The predicted molar refractivity (Wildman–Crippen MR) is 56.7 cm³/mol. The summed E-state index contributed by atoms with van der Waals surface area (Å²) in [5.74, 6) is -0.449. The van der Waals surface area contributed by atoms with E-state index in [-0.39, 0.29) is 11.5 Å². The predicted octanol–water partition coefficient (Wildman–Crippen LogP) is 2.42. The van der Waals surface area contributed by atoms with Crippen LogP contribution in [0.15, 0.2) is 35.3 Å². The molecule has 3 rings (SSSR count). The topological polar surface area (TPSA) is 22.0 Å². The molecule has 1 aromatic carbocycles. The van der Waals surface area contributed by atoms with E-state index in [2.05, 4.69) is 0 Å². The Morgan fingerprint density at radius 1 is 1.31 bits per heavy atom. The Kier molecular flexibility index (Phi) is 1.87. The van der Waals surface area contributed by atoms with Crippen LogP contribution >= 0.6 is 0 Å². The third kappa shape index (κ3) is 1.33. The highest BCUT2D eigenvalue weighted by molar-refractivity contribution is 5.79. The van der Waals surface area contributed by atoms with Gasteiger partial charge in [0.1, 0.15) is 12.0 Å². The van der Waals surface area contributed by atoms with Gasteiger partial charge in [-0.15, -0.1) is 0 Å². The van der Waals surface area contributed by atoms with E-state index >= 15 is 0 Å². The lowest BCUT2D eigenvalue weighted by Crippen LogP contribution is -2.08. The quantitative estimate of drug-likeness (QED) is 0.724. The Bertz CT molecular complexity index is 620. The third-order valence-electron chi connectivity index (χ3n) is 2.93. The van der Waals surface area contributed by atoms with Crippen molar-refractivity contribution in [1.82, 2.24) is 4.57 Å². The lowest BCUT2D eigenvalue weighted by molar-refractivity contribution is 0.444. The number of aromatic nitrogens is 1. The number of fused-ring (bicyclic) bond motifs is 1. The standard InChI is InChI=1S/C12H9F2NO/c13-7-1-2-10-8(5-7)12(16)3-4-15(10)11-6-9(11)14/h1-5,9,11H,6H2/t9-,11-/m1/s1. The monoisotopic (exact) mass is 221 g/mol. The van der Waals surface area contributed by atoms with Gasteiger partial charge in [0, 0.05) is 24.1 Å². The van der Waals surface area contributed by atoms with Gasteiger partial charge in [-0.3, -0.25) is 4.79 Å². The van der Waals surface area contributed by atoms with Crippen molar-refractivity contribution in [3.63, 3.8) is 0 Å². The number of alkyl halides is 1. The Hall–Kier alpha value is -1.71. The van der Waals surface area contributed by atoms with Gasteiger partial charge < -0.3 is 4.57 Å². The van der Waals surface area contributed by atoms with Crippen LogP contribution in [0.5, 0.6) is 0 Å². The molecule has 0 saturated heterocycles. The fourth-order valence-corrected chi connectivity index (χ4v) is 1.98. The highest BCUT2D eigenvalue weighted by atomic mass is 19.1. The number of hydrogen-bond donors (Lipinski definition) is 0. The second kappa shape index (κ2) is 3.14. The van der Waals surface area contributed by atoms with Crippen LogP contribution in [0.2, 0.25) is 0 Å². The maximum atomic E-state index is 13.0. The van der Waals surface area contributed by atoms with Crippen LogP contribution in [0.4, 0.5) is 8.78 Å². The summed E-state index contributed by atoms with van der Waals surface area (Å²) in [5.41, 5.74) is 0.362. The molecular formula is C12H9F2NO. The van der Waals surface area contributed by atoms with Crippen molar-refractivity contribution in [2.75, 3.05) is 0 Å². The molecule has 0 unspecified atom stereocenters. The van der Waals surface area contributed by atoms with Crippen molar-refractivity contribution in [1.29, 1.82) is 0 Å². The minimum absolute atomic E-state index is 0.200. The molecule has 1 aliphatic rings. The van der Waals surface area contributed by atoms with Crippen LogP contribution in [0.3, 0.4) is 0 Å². The number of pyridine rings is 1. The molecule has 2 atom stereocenters. The lowest BCUT2D eigenvalue weighted by Gasteiger charge is -2.08. The molecule has 1 heterocycles. The van der Waals surface area contributed by atoms with Crippen molar-refractivity contribution >= 4 is 10.9 Å². The zero-order valence-electron chi connectivity index (χ0n) is 8.36. The van der Waals surface area contributed by atoms with Gasteiger partial charge in [-0.05, 0) is 18.2 Å². The zero-order valence-corrected chi connectivity index (χ0v) is 8.36. The molecule has 0 spiro atoms. The summed E-state index contributed by atoms with van der Waals surface area (Å²) in [6.07, 6.45) is 1.19. The van der Waals surface area contributed by atoms with Crippen molar-refractivity contribution in [3.05, 3.63) is 46.5 Å². The first-order valence-corrected chi connectivity index (χ1v) is 5.11. The van der Waals surface area contributed by atoms with Gasteiger partial charge in [0.25, 0.3) is 0 Å². The second-order valence-electron chi connectivity index (χ2n) is 4.07. The van der Waals surface area contributed by atoms with E-state index in [0.717, 1.165) is 0 Å². The molecule has 1 aliphatic carbocycles. The molecule has 2 aromatic rings. The van der Waals surface area contributed by atoms with Gasteiger partial charge in [0.15, 0.2) is 5.43 Å². The van der Waals surface area contributed by atoms with Crippen LogP contribution in [0.1, 0.15) is 12.5 Å². The van der Waals surface area contributed by atoms with Gasteiger partial charge in [-0.2, -0.15) is 0 Å². The van der Waals surface area contributed by atoms with Crippen molar-refractivity contribution in [3.8, 4) is 0 Å². The zero-order chi connectivity index (χ0) is 11.3. The molecule has 0 radical (unpaired) electrons. The number of rotatable bonds is 1. The minimum atomic E-state index is -0.851. The van der Waals surface area contributed by atoms with E-state index in [9.17, 15) is 13.6 Å². The summed E-state index contributed by atoms with van der Waals surface area (Å²) in [7, 11) is 0. The van der Waals surface area contributed by atoms with Gasteiger partial charge in [-0.25, -0.2) is 8.78 Å². The van der Waals surface area contributed by atoms with E-state index in [1.807, 2.05) is 0 Å². The first kappa shape index (κ1) is 9.51. The molecule has 82 valence electrons. The SMILES string of the molecule is O=c1ccn([C@@H]2C[C@H]2F)c2ccc(F)cc12. The second-order valence-corrected chi connectivity index (χ2v) is 4.07. The van der Waals surface area contributed by atoms with Gasteiger partial charge >= 0.3 is 0 Å². The maximum absolute atomic E-state index is 13.0. The number of halogens is 2. The molecule has 1 saturated carbocycles. The Labute approximate surface area is 90.1 Å². The summed E-state index contributed by atoms with van der Waals surface area (Å²) < 4.78 is 27.7. The minimum Gasteiger partial charge on any atom is -0.341 e. The summed E-state index contributed by atoms with van der Waals surface area (Å²) in [4.78, 5) is 11.5. The molecule has 16 heavy (non-hydrogen) atoms. The fraction of sp³-hybridized carbons (Fsp3) is 0.250. The Balaban J connectivity index is 2.31. The molecule has 0 N–H and O–H groups in total. The summed E-state index contributed by atoms with van der Waals surface area (Å²) in [6.45, 7) is 0. The molecule has 0 aliphatic heterocycles. The number of nitrogens with zero attached hydrogens (tertiary/aromatic N) is 1. The van der Waals surface area contributed by atoms with Gasteiger partial charge in [0.05, 0.1) is 11.6 Å². The largest absolute Gasteiger partial charge is 0.341 e. The van der Waals surface area contributed by atoms with E-state index in [0.29, 0.717) is 17.3 Å². The molecule has 1 aromatic heterocycles. The van der Waals surface area contributed by atoms with Crippen LogP contribution in [-0.4, -0.2) is 10.7 Å². The smallest absolute Gasteiger partial charge is 0.189 e. The molecule has 4 heteroatoms. The van der Waals surface area contributed by atoms with E-state index in [1.54, 1.807) is 10.8 Å². The number of benzene rings is 1. The van der Waals surface area contributed by atoms with Crippen LogP contribution in [0.25, 0.3) is 10.9 Å². The first-order valence-electron chi connectivity index (χ1n) is 5.11. The molecule has 1 fully saturated rings.